The second kappa shape index (κ2) is 8.52. The third-order valence-corrected chi connectivity index (χ3v) is 9.84. The molecular formula is C20H22N4O5S3. The summed E-state index contributed by atoms with van der Waals surface area (Å²) in [5, 5.41) is 3.01. The van der Waals surface area contributed by atoms with Gasteiger partial charge in [0, 0.05) is 32.7 Å². The van der Waals surface area contributed by atoms with Crippen molar-refractivity contribution in [1.29, 1.82) is 0 Å². The van der Waals surface area contributed by atoms with Gasteiger partial charge in [0.1, 0.15) is 0 Å². The fourth-order valence-corrected chi connectivity index (χ4v) is 6.78. The quantitative estimate of drug-likeness (QED) is 0.563. The van der Waals surface area contributed by atoms with Crippen LogP contribution in [0.1, 0.15) is 23.2 Å². The van der Waals surface area contributed by atoms with Crippen LogP contribution < -0.4 is 5.32 Å². The Morgan fingerprint density at radius 3 is 2.25 bits per heavy atom. The predicted molar refractivity (Wildman–Crippen MR) is 123 cm³/mol. The molecule has 1 aliphatic rings. The standard InChI is InChI=1S/C20H22N4O5S3/c1-23(2)31(26,27)16-9-10-17-18(13-16)30-20(21-17)22-19(25)14-5-7-15(8-6-14)32(28,29)24-11-3-4-12-24/h5-10,13H,3-4,11-12H2,1-2H3,(H,21,22,25). The zero-order valence-corrected chi connectivity index (χ0v) is 19.9. The largest absolute Gasteiger partial charge is 0.298 e. The van der Waals surface area contributed by atoms with E-state index < -0.39 is 26.0 Å². The van der Waals surface area contributed by atoms with Gasteiger partial charge in [0.15, 0.2) is 5.13 Å². The molecule has 2 heterocycles. The number of fused-ring (bicyclic) bond motifs is 1. The minimum absolute atomic E-state index is 0.145. The molecule has 1 amide bonds. The Balaban J connectivity index is 1.52. The third kappa shape index (κ3) is 4.28. The van der Waals surface area contributed by atoms with Crippen molar-refractivity contribution in [3.63, 3.8) is 0 Å². The summed E-state index contributed by atoms with van der Waals surface area (Å²) in [5.74, 6) is -0.435. The Hall–Kier alpha value is -2.38. The summed E-state index contributed by atoms with van der Waals surface area (Å²) >= 11 is 1.16. The van der Waals surface area contributed by atoms with E-state index in [-0.39, 0.29) is 9.79 Å². The number of thiazole rings is 1. The van der Waals surface area contributed by atoms with Crippen molar-refractivity contribution < 1.29 is 21.6 Å². The molecule has 0 bridgehead atoms. The zero-order valence-electron chi connectivity index (χ0n) is 17.5. The van der Waals surface area contributed by atoms with E-state index in [2.05, 4.69) is 10.3 Å². The average Bonchev–Trinajstić information content (AvgIpc) is 3.43. The molecule has 1 fully saturated rings. The number of benzene rings is 2. The van der Waals surface area contributed by atoms with Crippen LogP contribution in [0.15, 0.2) is 52.3 Å². The van der Waals surface area contributed by atoms with Crippen LogP contribution in [0.2, 0.25) is 0 Å². The molecule has 0 unspecified atom stereocenters. The van der Waals surface area contributed by atoms with E-state index in [1.807, 2.05) is 0 Å². The molecule has 0 atom stereocenters. The average molecular weight is 495 g/mol. The van der Waals surface area contributed by atoms with Gasteiger partial charge in [0.25, 0.3) is 5.91 Å². The van der Waals surface area contributed by atoms with Gasteiger partial charge < -0.3 is 0 Å². The first-order valence-corrected chi connectivity index (χ1v) is 13.5. The number of anilines is 1. The van der Waals surface area contributed by atoms with E-state index in [9.17, 15) is 21.6 Å². The number of sulfonamides is 2. The van der Waals surface area contributed by atoms with E-state index in [1.165, 1.54) is 54.8 Å². The van der Waals surface area contributed by atoms with Crippen LogP contribution in [-0.2, 0) is 20.0 Å². The van der Waals surface area contributed by atoms with Gasteiger partial charge >= 0.3 is 0 Å². The normalized spacial score (nSPS) is 15.5. The lowest BCUT2D eigenvalue weighted by molar-refractivity contribution is 0.102. The molecule has 12 heteroatoms. The molecule has 1 saturated heterocycles. The highest BCUT2D eigenvalue weighted by Crippen LogP contribution is 2.29. The topological polar surface area (TPSA) is 117 Å². The minimum atomic E-state index is -3.58. The van der Waals surface area contributed by atoms with Crippen molar-refractivity contribution in [2.24, 2.45) is 0 Å². The fraction of sp³-hybridized carbons (Fsp3) is 0.300. The highest BCUT2D eigenvalue weighted by molar-refractivity contribution is 7.89. The van der Waals surface area contributed by atoms with Gasteiger partial charge in [-0.05, 0) is 55.3 Å². The van der Waals surface area contributed by atoms with Gasteiger partial charge in [-0.15, -0.1) is 0 Å². The Bertz CT molecular complexity index is 1370. The van der Waals surface area contributed by atoms with Crippen LogP contribution in [0.5, 0.6) is 0 Å². The van der Waals surface area contributed by atoms with Gasteiger partial charge in [0.05, 0.1) is 20.0 Å². The van der Waals surface area contributed by atoms with Crippen LogP contribution in [0.4, 0.5) is 5.13 Å². The van der Waals surface area contributed by atoms with Crippen molar-refractivity contribution in [3.8, 4) is 0 Å². The summed E-state index contributed by atoms with van der Waals surface area (Å²) < 4.78 is 53.1. The maximum Gasteiger partial charge on any atom is 0.257 e. The number of nitrogens with one attached hydrogen (secondary N) is 1. The number of carbonyl (C=O) groups excluding carboxylic acids is 1. The monoisotopic (exact) mass is 494 g/mol. The lowest BCUT2D eigenvalue weighted by Gasteiger charge is -2.15. The summed E-state index contributed by atoms with van der Waals surface area (Å²) in [4.78, 5) is 17.3. The molecule has 3 aromatic rings. The molecule has 0 radical (unpaired) electrons. The summed E-state index contributed by atoms with van der Waals surface area (Å²) in [6.07, 6.45) is 1.70. The molecule has 9 nitrogen and oxygen atoms in total. The first kappa shape index (κ1) is 22.8. The van der Waals surface area contributed by atoms with Gasteiger partial charge in [-0.2, -0.15) is 4.31 Å². The highest BCUT2D eigenvalue weighted by Gasteiger charge is 2.27. The molecule has 1 N–H and O–H groups in total. The van der Waals surface area contributed by atoms with Gasteiger partial charge in [-0.25, -0.2) is 26.1 Å². The number of amides is 1. The first-order valence-electron chi connectivity index (χ1n) is 9.84. The number of hydrogen-bond donors (Lipinski definition) is 1. The van der Waals surface area contributed by atoms with Gasteiger partial charge in [-0.1, -0.05) is 11.3 Å². The number of carbonyl (C=O) groups is 1. The second-order valence-electron chi connectivity index (χ2n) is 7.53. The van der Waals surface area contributed by atoms with Crippen molar-refractivity contribution in [2.45, 2.75) is 22.6 Å². The van der Waals surface area contributed by atoms with Crippen LogP contribution in [0.25, 0.3) is 10.2 Å². The molecule has 1 aromatic heterocycles. The number of nitrogens with zero attached hydrogens (tertiary/aromatic N) is 3. The van der Waals surface area contributed by atoms with Crippen LogP contribution in [-0.4, -0.2) is 63.5 Å². The van der Waals surface area contributed by atoms with Crippen molar-refractivity contribution in [1.82, 2.24) is 13.6 Å². The fourth-order valence-electron chi connectivity index (χ4n) is 3.35. The Kier molecular flexibility index (Phi) is 6.07. The number of aromatic nitrogens is 1. The van der Waals surface area contributed by atoms with Crippen molar-refractivity contribution >= 4 is 52.6 Å². The van der Waals surface area contributed by atoms with Crippen LogP contribution in [0, 0.1) is 0 Å². The third-order valence-electron chi connectivity index (χ3n) is 5.18. The molecule has 170 valence electrons. The zero-order chi connectivity index (χ0) is 23.1. The highest BCUT2D eigenvalue weighted by atomic mass is 32.2. The SMILES string of the molecule is CN(C)S(=O)(=O)c1ccc2nc(NC(=O)c3ccc(S(=O)(=O)N4CCCC4)cc3)sc2c1. The summed E-state index contributed by atoms with van der Waals surface area (Å²) in [5.41, 5.74) is 0.857. The predicted octanol–water partition coefficient (Wildman–Crippen LogP) is 2.58. The Labute approximate surface area is 190 Å². The van der Waals surface area contributed by atoms with Crippen molar-refractivity contribution in [3.05, 3.63) is 48.0 Å². The van der Waals surface area contributed by atoms with Crippen LogP contribution in [0.3, 0.4) is 0 Å². The molecule has 1 aliphatic heterocycles. The smallest absolute Gasteiger partial charge is 0.257 e. The van der Waals surface area contributed by atoms with E-state index in [0.717, 1.165) is 28.5 Å². The lowest BCUT2D eigenvalue weighted by Crippen LogP contribution is -2.27. The maximum absolute atomic E-state index is 12.6. The van der Waals surface area contributed by atoms with Crippen LogP contribution >= 0.6 is 11.3 Å². The Morgan fingerprint density at radius 1 is 1.00 bits per heavy atom. The lowest BCUT2D eigenvalue weighted by atomic mass is 10.2. The van der Waals surface area contributed by atoms with E-state index >= 15 is 0 Å². The van der Waals surface area contributed by atoms with E-state index in [1.54, 1.807) is 6.07 Å². The summed E-state index contributed by atoms with van der Waals surface area (Å²) in [6.45, 7) is 1.03. The molecule has 32 heavy (non-hydrogen) atoms. The summed E-state index contributed by atoms with van der Waals surface area (Å²) in [7, 11) is -4.20. The Morgan fingerprint density at radius 2 is 1.62 bits per heavy atom. The first-order chi connectivity index (χ1) is 15.1. The molecule has 2 aromatic carbocycles. The maximum atomic E-state index is 12.6. The van der Waals surface area contributed by atoms with E-state index in [4.69, 9.17) is 0 Å². The molecule has 0 saturated carbocycles. The molecule has 0 spiro atoms. The molecule has 4 rings (SSSR count). The van der Waals surface area contributed by atoms with Gasteiger partial charge in [0.2, 0.25) is 20.0 Å². The molecule has 0 aliphatic carbocycles. The summed E-state index contributed by atoms with van der Waals surface area (Å²) in [6, 6.07) is 10.4. The number of rotatable bonds is 6. The number of hydrogen-bond acceptors (Lipinski definition) is 7. The van der Waals surface area contributed by atoms with E-state index in [0.29, 0.717) is 34.0 Å². The van der Waals surface area contributed by atoms with Crippen molar-refractivity contribution in [2.75, 3.05) is 32.5 Å². The minimum Gasteiger partial charge on any atom is -0.298 e. The molecular weight excluding hydrogens is 472 g/mol. The van der Waals surface area contributed by atoms with Gasteiger partial charge in [-0.3, -0.25) is 10.1 Å². The second-order valence-corrected chi connectivity index (χ2v) is 12.6.